The molecule has 0 saturated heterocycles. The highest BCUT2D eigenvalue weighted by atomic mass is 32.2. The average molecular weight is 386 g/mol. The summed E-state index contributed by atoms with van der Waals surface area (Å²) in [6, 6.07) is 13.0. The fourth-order valence-corrected chi connectivity index (χ4v) is 3.63. The van der Waals surface area contributed by atoms with Crippen molar-refractivity contribution in [3.8, 4) is 0 Å². The first-order valence-corrected chi connectivity index (χ1v) is 9.52. The van der Waals surface area contributed by atoms with E-state index in [1.807, 2.05) is 0 Å². The molecule has 2 amide bonds. The van der Waals surface area contributed by atoms with Gasteiger partial charge in [-0.2, -0.15) is 8.42 Å². The topological polar surface area (TPSA) is 108 Å². The molecule has 0 unspecified atom stereocenters. The molecule has 2 aromatic rings. The predicted octanol–water partition coefficient (Wildman–Crippen LogP) is 1.07. The fourth-order valence-electron chi connectivity index (χ4n) is 2.45. The molecule has 0 aromatic heterocycles. The lowest BCUT2D eigenvalue weighted by atomic mass is 10.1. The smallest absolute Gasteiger partial charge is 0.285 e. The zero-order valence-electron chi connectivity index (χ0n) is 14.8. The summed E-state index contributed by atoms with van der Waals surface area (Å²) in [6.45, 7) is -0.0860. The number of nitrogens with one attached hydrogen (secondary N) is 2. The summed E-state index contributed by atoms with van der Waals surface area (Å²) in [5, 5.41) is 5.51. The number of sulfonamides is 1. The summed E-state index contributed by atoms with van der Waals surface area (Å²) in [4.78, 5) is 25.1. The second-order valence-corrected chi connectivity index (χ2v) is 7.66. The first-order valence-electron chi connectivity index (χ1n) is 8.08. The second kappa shape index (κ2) is 7.20. The van der Waals surface area contributed by atoms with Crippen molar-refractivity contribution in [3.63, 3.8) is 0 Å². The molecule has 1 heterocycles. The molecule has 140 valence electrons. The molecule has 0 aliphatic carbocycles. The number of nitrogens with zero attached hydrogens (tertiary/aromatic N) is 2. The maximum atomic E-state index is 12.1. The number of hydrogen-bond donors (Lipinski definition) is 2. The van der Waals surface area contributed by atoms with E-state index in [1.165, 1.54) is 11.0 Å². The Morgan fingerprint density at radius 3 is 2.37 bits per heavy atom. The van der Waals surface area contributed by atoms with E-state index in [-0.39, 0.29) is 29.1 Å². The van der Waals surface area contributed by atoms with Crippen LogP contribution in [0, 0.1) is 0 Å². The fraction of sp³-hybridized carbons (Fsp3) is 0.167. The van der Waals surface area contributed by atoms with Crippen molar-refractivity contribution < 1.29 is 18.0 Å². The third-order valence-corrected chi connectivity index (χ3v) is 5.28. The number of rotatable bonds is 4. The molecule has 9 heteroatoms. The van der Waals surface area contributed by atoms with Crippen LogP contribution in [-0.4, -0.2) is 51.6 Å². The van der Waals surface area contributed by atoms with Crippen LogP contribution in [0.2, 0.25) is 0 Å². The summed E-state index contributed by atoms with van der Waals surface area (Å²) in [5.41, 5.74) is 1.47. The molecule has 0 radical (unpaired) electrons. The molecule has 1 aliphatic rings. The maximum Gasteiger partial charge on any atom is 0.285 e. The van der Waals surface area contributed by atoms with Crippen LogP contribution < -0.4 is 10.6 Å². The SMILES string of the molecule is CN(C)C(=O)CNC(=O)c1ccc(NC2=NS(=O)(=O)c3ccccc32)cc1. The molecular weight excluding hydrogens is 368 g/mol. The summed E-state index contributed by atoms with van der Waals surface area (Å²) in [7, 11) is -0.473. The molecule has 0 spiro atoms. The maximum absolute atomic E-state index is 12.1. The lowest BCUT2D eigenvalue weighted by molar-refractivity contribution is -0.127. The van der Waals surface area contributed by atoms with Gasteiger partial charge in [0.1, 0.15) is 4.90 Å². The highest BCUT2D eigenvalue weighted by Crippen LogP contribution is 2.26. The molecule has 0 saturated carbocycles. The first kappa shape index (κ1) is 18.6. The van der Waals surface area contributed by atoms with Crippen LogP contribution in [-0.2, 0) is 14.8 Å². The van der Waals surface area contributed by atoms with Crippen LogP contribution in [0.15, 0.2) is 57.8 Å². The van der Waals surface area contributed by atoms with Crippen LogP contribution in [0.1, 0.15) is 15.9 Å². The van der Waals surface area contributed by atoms with Gasteiger partial charge in [-0.1, -0.05) is 12.1 Å². The Bertz CT molecular complexity index is 1030. The number of amidine groups is 1. The van der Waals surface area contributed by atoms with E-state index < -0.39 is 10.0 Å². The van der Waals surface area contributed by atoms with E-state index in [9.17, 15) is 18.0 Å². The van der Waals surface area contributed by atoms with Gasteiger partial charge in [0, 0.05) is 30.9 Å². The Balaban J connectivity index is 1.70. The largest absolute Gasteiger partial charge is 0.347 e. The van der Waals surface area contributed by atoms with Crippen molar-refractivity contribution in [2.24, 2.45) is 4.40 Å². The van der Waals surface area contributed by atoms with Gasteiger partial charge in [-0.05, 0) is 36.4 Å². The number of carbonyl (C=O) groups excluding carboxylic acids is 2. The quantitative estimate of drug-likeness (QED) is 0.817. The van der Waals surface area contributed by atoms with Crippen LogP contribution in [0.3, 0.4) is 0 Å². The van der Waals surface area contributed by atoms with Crippen molar-refractivity contribution in [3.05, 3.63) is 59.7 Å². The Labute approximate surface area is 157 Å². The number of hydrogen-bond acceptors (Lipinski definition) is 5. The third kappa shape index (κ3) is 3.98. The Hall–Kier alpha value is -3.20. The summed E-state index contributed by atoms with van der Waals surface area (Å²) < 4.78 is 27.9. The van der Waals surface area contributed by atoms with Gasteiger partial charge in [0.15, 0.2) is 5.84 Å². The monoisotopic (exact) mass is 386 g/mol. The number of anilines is 1. The molecule has 0 atom stereocenters. The lowest BCUT2D eigenvalue weighted by Gasteiger charge is -2.11. The van der Waals surface area contributed by atoms with Crippen LogP contribution >= 0.6 is 0 Å². The average Bonchev–Trinajstić information content (AvgIpc) is 2.90. The molecule has 0 fully saturated rings. The number of carbonyl (C=O) groups is 2. The zero-order chi connectivity index (χ0) is 19.6. The lowest BCUT2D eigenvalue weighted by Crippen LogP contribution is -2.36. The Kier molecular flexibility index (Phi) is 4.95. The van der Waals surface area contributed by atoms with Gasteiger partial charge in [0.2, 0.25) is 5.91 Å². The van der Waals surface area contributed by atoms with Crippen molar-refractivity contribution >= 4 is 33.4 Å². The minimum absolute atomic E-state index is 0.0860. The van der Waals surface area contributed by atoms with Crippen molar-refractivity contribution in [1.29, 1.82) is 0 Å². The molecule has 2 N–H and O–H groups in total. The zero-order valence-corrected chi connectivity index (χ0v) is 15.6. The summed E-state index contributed by atoms with van der Waals surface area (Å²) in [6.07, 6.45) is 0. The van der Waals surface area contributed by atoms with Gasteiger partial charge in [0.05, 0.1) is 6.54 Å². The van der Waals surface area contributed by atoms with Gasteiger partial charge in [-0.3, -0.25) is 9.59 Å². The molecule has 27 heavy (non-hydrogen) atoms. The van der Waals surface area contributed by atoms with E-state index in [0.717, 1.165) is 0 Å². The van der Waals surface area contributed by atoms with Crippen LogP contribution in [0.25, 0.3) is 0 Å². The van der Waals surface area contributed by atoms with Crippen molar-refractivity contribution in [2.75, 3.05) is 26.0 Å². The van der Waals surface area contributed by atoms with Crippen LogP contribution in [0.4, 0.5) is 5.69 Å². The van der Waals surface area contributed by atoms with E-state index in [0.29, 0.717) is 16.8 Å². The van der Waals surface area contributed by atoms with E-state index in [1.54, 1.807) is 56.6 Å². The highest BCUT2D eigenvalue weighted by molar-refractivity contribution is 7.90. The number of likely N-dealkylation sites (N-methyl/N-ethyl adjacent to an activating group) is 1. The Morgan fingerprint density at radius 2 is 1.70 bits per heavy atom. The van der Waals surface area contributed by atoms with Gasteiger partial charge in [0.25, 0.3) is 15.9 Å². The Morgan fingerprint density at radius 1 is 1.04 bits per heavy atom. The van der Waals surface area contributed by atoms with Gasteiger partial charge < -0.3 is 15.5 Å². The highest BCUT2D eigenvalue weighted by Gasteiger charge is 2.28. The van der Waals surface area contributed by atoms with Gasteiger partial charge in [-0.15, -0.1) is 4.40 Å². The summed E-state index contributed by atoms with van der Waals surface area (Å²) in [5.74, 6) is -0.344. The number of benzene rings is 2. The first-order chi connectivity index (χ1) is 12.8. The molecular formula is C18H18N4O4S. The summed E-state index contributed by atoms with van der Waals surface area (Å²) >= 11 is 0. The minimum Gasteiger partial charge on any atom is -0.347 e. The normalized spacial score (nSPS) is 14.1. The third-order valence-electron chi connectivity index (χ3n) is 3.94. The molecule has 0 bridgehead atoms. The molecule has 3 rings (SSSR count). The molecule has 1 aliphatic heterocycles. The van der Waals surface area contributed by atoms with Crippen molar-refractivity contribution in [1.82, 2.24) is 10.2 Å². The predicted molar refractivity (Wildman–Crippen MR) is 101 cm³/mol. The molecule has 8 nitrogen and oxygen atoms in total. The number of fused-ring (bicyclic) bond motifs is 1. The van der Waals surface area contributed by atoms with Gasteiger partial charge >= 0.3 is 0 Å². The van der Waals surface area contributed by atoms with E-state index in [4.69, 9.17) is 0 Å². The van der Waals surface area contributed by atoms with E-state index >= 15 is 0 Å². The number of amides is 2. The van der Waals surface area contributed by atoms with Crippen molar-refractivity contribution in [2.45, 2.75) is 4.90 Å². The van der Waals surface area contributed by atoms with Crippen LogP contribution in [0.5, 0.6) is 0 Å². The second-order valence-electron chi connectivity index (χ2n) is 6.08. The van der Waals surface area contributed by atoms with Gasteiger partial charge in [-0.25, -0.2) is 0 Å². The molecule has 2 aromatic carbocycles. The standard InChI is InChI=1S/C18H18N4O4S/c1-22(2)16(23)11-19-18(24)12-7-9-13(10-8-12)20-17-14-5-3-4-6-15(14)27(25,26)21-17/h3-10H,11H2,1-2H3,(H,19,24)(H,20,21). The van der Waals surface area contributed by atoms with E-state index in [2.05, 4.69) is 15.0 Å². The minimum atomic E-state index is -3.69.